The smallest absolute Gasteiger partial charge is 0.286 e. The lowest BCUT2D eigenvalue weighted by Crippen LogP contribution is -2.26. The highest BCUT2D eigenvalue weighted by Gasteiger charge is 2.19. The van der Waals surface area contributed by atoms with Gasteiger partial charge in [0.25, 0.3) is 11.2 Å². The Labute approximate surface area is 108 Å². The molecule has 0 aliphatic rings. The van der Waals surface area contributed by atoms with E-state index in [1.165, 1.54) is 0 Å². The molecule has 0 spiro atoms. The summed E-state index contributed by atoms with van der Waals surface area (Å²) < 4.78 is 1.60. The second-order valence-corrected chi connectivity index (χ2v) is 4.36. The number of nitrogens with zero attached hydrogens (tertiary/aromatic N) is 2. The lowest BCUT2D eigenvalue weighted by molar-refractivity contribution is -0.474. The Balaban J connectivity index is 2.99. The Morgan fingerprint density at radius 1 is 1.25 bits per heavy atom. The summed E-state index contributed by atoms with van der Waals surface area (Å²) in [6.45, 7) is 0. The van der Waals surface area contributed by atoms with Crippen LogP contribution in [0.2, 0.25) is 0 Å². The molecule has 0 N–H and O–H groups in total. The standard InChI is InChI=1S/C10H8Br2N2O2/c11-5-9-10(6-12)14(16)8-4-2-1-3-7(8)13(9)15/h1-4H,5-6H2. The van der Waals surface area contributed by atoms with E-state index < -0.39 is 0 Å². The zero-order chi connectivity index (χ0) is 11.7. The molecule has 0 saturated carbocycles. The third kappa shape index (κ3) is 1.66. The van der Waals surface area contributed by atoms with Crippen molar-refractivity contribution in [2.24, 2.45) is 0 Å². The van der Waals surface area contributed by atoms with Gasteiger partial charge in [-0.05, 0) is 6.07 Å². The third-order valence-corrected chi connectivity index (χ3v) is 3.46. The van der Waals surface area contributed by atoms with E-state index in [-0.39, 0.29) is 0 Å². The quantitative estimate of drug-likeness (QED) is 0.619. The molecule has 2 rings (SSSR count). The van der Waals surface area contributed by atoms with Crippen molar-refractivity contribution in [3.8, 4) is 0 Å². The van der Waals surface area contributed by atoms with Crippen molar-refractivity contribution in [3.63, 3.8) is 0 Å². The Hall–Kier alpha value is -0.880. The van der Waals surface area contributed by atoms with Gasteiger partial charge >= 0.3 is 0 Å². The van der Waals surface area contributed by atoms with Crippen LogP contribution in [0.5, 0.6) is 0 Å². The number of rotatable bonds is 2. The molecule has 0 aliphatic heterocycles. The summed E-state index contributed by atoms with van der Waals surface area (Å²) in [5.74, 6) is 0. The first-order valence-electron chi connectivity index (χ1n) is 4.58. The molecule has 0 fully saturated rings. The van der Waals surface area contributed by atoms with E-state index in [1.807, 2.05) is 0 Å². The lowest BCUT2D eigenvalue weighted by Gasteiger charge is -2.16. The molecule has 0 amide bonds. The van der Waals surface area contributed by atoms with Crippen LogP contribution in [0.3, 0.4) is 0 Å². The molecular formula is C10H8Br2N2O2. The molecule has 0 radical (unpaired) electrons. The summed E-state index contributed by atoms with van der Waals surface area (Å²) in [4.78, 5) is 12.0. The zero-order valence-electron chi connectivity index (χ0n) is 8.19. The van der Waals surface area contributed by atoms with Crippen molar-refractivity contribution in [1.29, 1.82) is 0 Å². The largest absolute Gasteiger partial charge is 0.805 e. The number of alkyl halides is 2. The van der Waals surface area contributed by atoms with Crippen LogP contribution in [0.15, 0.2) is 24.3 Å². The van der Waals surface area contributed by atoms with Crippen LogP contribution in [-0.4, -0.2) is 4.73 Å². The predicted molar refractivity (Wildman–Crippen MR) is 69.3 cm³/mol. The molecule has 0 saturated heterocycles. The fraction of sp³-hybridized carbons (Fsp3) is 0.200. The van der Waals surface area contributed by atoms with Crippen LogP contribution in [-0.2, 0) is 10.7 Å². The lowest BCUT2D eigenvalue weighted by atomic mass is 10.2. The molecule has 0 bridgehead atoms. The molecule has 6 heteroatoms. The average Bonchev–Trinajstić information content (AvgIpc) is 2.33. The van der Waals surface area contributed by atoms with Crippen molar-refractivity contribution < 1.29 is 4.43 Å². The van der Waals surface area contributed by atoms with E-state index in [0.29, 0.717) is 33.1 Å². The third-order valence-electron chi connectivity index (χ3n) is 2.40. The van der Waals surface area contributed by atoms with Crippen LogP contribution in [0.25, 0.3) is 11.0 Å². The number of para-hydroxylation sites is 2. The van der Waals surface area contributed by atoms with Gasteiger partial charge in [0.05, 0.1) is 15.5 Å². The molecule has 1 aromatic carbocycles. The zero-order valence-corrected chi connectivity index (χ0v) is 11.4. The average molecular weight is 348 g/mol. The van der Waals surface area contributed by atoms with Crippen molar-refractivity contribution >= 4 is 42.9 Å². The fourth-order valence-electron chi connectivity index (χ4n) is 1.60. The van der Waals surface area contributed by atoms with Crippen LogP contribution >= 0.6 is 31.9 Å². The summed E-state index contributed by atoms with van der Waals surface area (Å²) in [7, 11) is 0. The van der Waals surface area contributed by atoms with Crippen LogP contribution in [0, 0.1) is 10.1 Å². The van der Waals surface area contributed by atoms with Crippen LogP contribution in [0.4, 0.5) is 0 Å². The summed E-state index contributed by atoms with van der Waals surface area (Å²) in [5.41, 5.74) is 1.64. The van der Waals surface area contributed by atoms with Crippen LogP contribution < -0.4 is 4.43 Å². The van der Waals surface area contributed by atoms with Crippen molar-refractivity contribution in [2.75, 3.05) is 0 Å². The summed E-state index contributed by atoms with van der Waals surface area (Å²) >= 11 is 6.45. The molecular weight excluding hydrogens is 340 g/mol. The number of halogens is 2. The normalized spacial score (nSPS) is 10.9. The van der Waals surface area contributed by atoms with Gasteiger partial charge in [-0.3, -0.25) is 0 Å². The molecule has 84 valence electrons. The summed E-state index contributed by atoms with van der Waals surface area (Å²) in [5, 5.41) is 12.7. The fourth-order valence-corrected chi connectivity index (χ4v) is 2.70. The predicted octanol–water partition coefficient (Wildman–Crippen LogP) is 2.69. The minimum Gasteiger partial charge on any atom is -0.805 e. The maximum Gasteiger partial charge on any atom is 0.286 e. The minimum absolute atomic E-state index is 0.352. The number of hydrogen-bond donors (Lipinski definition) is 0. The Morgan fingerprint density at radius 3 is 2.56 bits per heavy atom. The number of hydrogen-bond acceptors (Lipinski definition) is 2. The van der Waals surface area contributed by atoms with Crippen molar-refractivity contribution in [3.05, 3.63) is 45.8 Å². The van der Waals surface area contributed by atoms with Crippen LogP contribution in [0.1, 0.15) is 11.4 Å². The first-order valence-corrected chi connectivity index (χ1v) is 6.82. The Bertz CT molecular complexity index is 595. The molecule has 0 aliphatic carbocycles. The van der Waals surface area contributed by atoms with Gasteiger partial charge in [-0.15, -0.1) is 0 Å². The van der Waals surface area contributed by atoms with E-state index in [2.05, 4.69) is 31.9 Å². The second kappa shape index (κ2) is 4.55. The van der Waals surface area contributed by atoms with Gasteiger partial charge in [0, 0.05) is 16.3 Å². The van der Waals surface area contributed by atoms with Gasteiger partial charge in [-0.2, -0.15) is 0 Å². The van der Waals surface area contributed by atoms with E-state index >= 15 is 0 Å². The van der Waals surface area contributed by atoms with E-state index in [0.717, 1.165) is 9.16 Å². The second-order valence-electron chi connectivity index (χ2n) is 3.24. The maximum absolute atomic E-state index is 12.0. The number of fused-ring (bicyclic) bond motifs is 1. The number of benzene rings is 1. The first kappa shape index (κ1) is 11.6. The molecule has 4 nitrogen and oxygen atoms in total. The number of aromatic nitrogens is 2. The van der Waals surface area contributed by atoms with E-state index in [4.69, 9.17) is 0 Å². The van der Waals surface area contributed by atoms with E-state index in [9.17, 15) is 10.1 Å². The Kier molecular flexibility index (Phi) is 3.30. The van der Waals surface area contributed by atoms with Gasteiger partial charge in [0.1, 0.15) is 5.52 Å². The molecule has 0 atom stereocenters. The van der Waals surface area contributed by atoms with E-state index in [1.54, 1.807) is 24.3 Å². The highest BCUT2D eigenvalue weighted by atomic mass is 79.9. The Morgan fingerprint density at radius 2 is 1.94 bits per heavy atom. The molecule has 1 heterocycles. The molecule has 1 aromatic heterocycles. The summed E-state index contributed by atoms with van der Waals surface area (Å²) in [6, 6.07) is 6.76. The molecule has 16 heavy (non-hydrogen) atoms. The maximum atomic E-state index is 12.0. The first-order chi connectivity index (χ1) is 7.70. The monoisotopic (exact) mass is 346 g/mol. The van der Waals surface area contributed by atoms with Gasteiger partial charge < -0.3 is 9.94 Å². The topological polar surface area (TPSA) is 51.0 Å². The minimum atomic E-state index is 0.352. The molecule has 0 unspecified atom stereocenters. The highest BCUT2D eigenvalue weighted by molar-refractivity contribution is 9.09. The molecule has 2 aromatic rings. The van der Waals surface area contributed by atoms with Gasteiger partial charge in [0.2, 0.25) is 0 Å². The SMILES string of the molecule is O=[n+]1c(CBr)c(CBr)n([O-])c2ccccc21. The van der Waals surface area contributed by atoms with Gasteiger partial charge in [-0.1, -0.05) is 44.0 Å². The van der Waals surface area contributed by atoms with Gasteiger partial charge in [0.15, 0.2) is 0 Å². The van der Waals surface area contributed by atoms with Crippen molar-refractivity contribution in [2.45, 2.75) is 10.7 Å². The summed E-state index contributed by atoms with van der Waals surface area (Å²) in [6.07, 6.45) is 0. The van der Waals surface area contributed by atoms with Crippen molar-refractivity contribution in [1.82, 2.24) is 4.73 Å². The van der Waals surface area contributed by atoms with Gasteiger partial charge in [-0.25, -0.2) is 0 Å². The highest BCUT2D eigenvalue weighted by Crippen LogP contribution is 2.17.